The number of aromatic nitrogens is 4. The summed E-state index contributed by atoms with van der Waals surface area (Å²) < 4.78 is 24.3. The molecule has 0 unspecified atom stereocenters. The smallest absolute Gasteiger partial charge is 0.275 e. The zero-order valence-electron chi connectivity index (χ0n) is 29.1. The van der Waals surface area contributed by atoms with Gasteiger partial charge in [0.05, 0.1) is 17.8 Å². The highest BCUT2D eigenvalue weighted by atomic mass is 32.1. The number of anilines is 1. The number of halogens is 1. The zero-order chi connectivity index (χ0) is 35.9. The van der Waals surface area contributed by atoms with Crippen molar-refractivity contribution in [3.8, 4) is 0 Å². The van der Waals surface area contributed by atoms with Crippen molar-refractivity contribution in [2.24, 2.45) is 17.8 Å². The lowest BCUT2D eigenvalue weighted by molar-refractivity contribution is -0.135. The van der Waals surface area contributed by atoms with Gasteiger partial charge in [-0.3, -0.25) is 19.2 Å². The monoisotopic (exact) mass is 711 g/mol. The standard InChI is InChI=1S/C34H46FN9O5S/c1-19(2)28-30(41-49-40-28)33(47)36-17-24(22-8-6-20(3)7-9-22)31(45)38-26-11-10-23(16-25(26)35)21(4)29(39-32(46)27-18-37-42-50-27)34(48)44-14-12-43(5)13-15-44/h10-11,16,18-22,24,29H,6-9,12-15,17H2,1-5H3,(H,36,47)(H,38,45)(H,39,46)/t20-,21-,22-,24-,29+/m0/s1. The van der Waals surface area contributed by atoms with Crippen molar-refractivity contribution >= 4 is 40.8 Å². The number of hydrogen-bond donors (Lipinski definition) is 3. The maximum atomic E-state index is 15.8. The molecule has 3 heterocycles. The Morgan fingerprint density at radius 3 is 2.38 bits per heavy atom. The van der Waals surface area contributed by atoms with Crippen molar-refractivity contribution in [3.05, 3.63) is 52.0 Å². The average Bonchev–Trinajstić information content (AvgIpc) is 3.82. The zero-order valence-corrected chi connectivity index (χ0v) is 30.0. The number of benzene rings is 1. The Kier molecular flexibility index (Phi) is 12.3. The molecular weight excluding hydrogens is 665 g/mol. The second-order valence-electron chi connectivity index (χ2n) is 13.9. The van der Waals surface area contributed by atoms with Crippen LogP contribution in [0.4, 0.5) is 10.1 Å². The molecule has 3 N–H and O–H groups in total. The van der Waals surface area contributed by atoms with Crippen LogP contribution in [0.25, 0.3) is 0 Å². The molecule has 2 aromatic heterocycles. The lowest BCUT2D eigenvalue weighted by atomic mass is 9.76. The lowest BCUT2D eigenvalue weighted by Crippen LogP contribution is -2.55. The van der Waals surface area contributed by atoms with E-state index in [1.165, 1.54) is 18.3 Å². The number of nitrogens with one attached hydrogen (secondary N) is 3. The SMILES string of the molecule is CC(C)c1nonc1C(=O)NC[C@H](C(=O)Nc1ccc([C@H](C)[C@@H](NC(=O)c2cnns2)C(=O)N2CCN(C)CC2)cc1F)[C@H]1CC[C@H](C)CC1. The van der Waals surface area contributed by atoms with E-state index in [1.54, 1.807) is 17.9 Å². The number of nitrogens with zero attached hydrogens (tertiary/aromatic N) is 6. The number of likely N-dealkylation sites (N-methyl/N-ethyl adjacent to an activating group) is 1. The molecule has 270 valence electrons. The Morgan fingerprint density at radius 2 is 1.74 bits per heavy atom. The van der Waals surface area contributed by atoms with Crippen LogP contribution in [0, 0.1) is 23.6 Å². The van der Waals surface area contributed by atoms with Gasteiger partial charge < -0.3 is 25.8 Å². The Bertz CT molecular complexity index is 1640. The van der Waals surface area contributed by atoms with Crippen LogP contribution in [0.3, 0.4) is 0 Å². The maximum absolute atomic E-state index is 15.8. The van der Waals surface area contributed by atoms with E-state index < -0.39 is 41.4 Å². The van der Waals surface area contributed by atoms with Gasteiger partial charge in [-0.25, -0.2) is 9.02 Å². The Balaban J connectivity index is 1.31. The summed E-state index contributed by atoms with van der Waals surface area (Å²) >= 11 is 0.918. The Labute approximate surface area is 295 Å². The minimum Gasteiger partial charge on any atom is -0.350 e. The molecule has 2 aliphatic rings. The molecule has 5 rings (SSSR count). The summed E-state index contributed by atoms with van der Waals surface area (Å²) in [5.41, 5.74) is 0.967. The fourth-order valence-corrected chi connectivity index (χ4v) is 7.04. The van der Waals surface area contributed by atoms with E-state index >= 15 is 4.39 Å². The van der Waals surface area contributed by atoms with Crippen LogP contribution >= 0.6 is 11.5 Å². The van der Waals surface area contributed by atoms with Crippen LogP contribution in [0.15, 0.2) is 29.0 Å². The van der Waals surface area contributed by atoms with Crippen molar-refractivity contribution in [2.75, 3.05) is 45.1 Å². The van der Waals surface area contributed by atoms with Crippen LogP contribution in [0.1, 0.15) is 96.6 Å². The first-order valence-corrected chi connectivity index (χ1v) is 18.0. The fraction of sp³-hybridized carbons (Fsp3) is 0.588. The van der Waals surface area contributed by atoms with E-state index in [1.807, 2.05) is 20.9 Å². The predicted octanol–water partition coefficient (Wildman–Crippen LogP) is 3.67. The van der Waals surface area contributed by atoms with Crippen LogP contribution in [0.2, 0.25) is 0 Å². The van der Waals surface area contributed by atoms with Crippen LogP contribution < -0.4 is 16.0 Å². The van der Waals surface area contributed by atoms with E-state index in [-0.39, 0.29) is 40.5 Å². The highest BCUT2D eigenvalue weighted by Gasteiger charge is 2.35. The van der Waals surface area contributed by atoms with Gasteiger partial charge in [0.1, 0.15) is 22.4 Å². The van der Waals surface area contributed by atoms with Crippen molar-refractivity contribution in [1.82, 2.24) is 40.3 Å². The Hall–Kier alpha value is -4.31. The Morgan fingerprint density at radius 1 is 1.02 bits per heavy atom. The molecule has 0 spiro atoms. The molecule has 1 aliphatic carbocycles. The molecule has 4 amide bonds. The molecule has 3 atom stereocenters. The third kappa shape index (κ3) is 8.88. The minimum absolute atomic E-state index is 0.00689. The molecule has 1 saturated carbocycles. The maximum Gasteiger partial charge on any atom is 0.275 e. The molecular formula is C34H46FN9O5S. The van der Waals surface area contributed by atoms with E-state index in [0.717, 1.165) is 37.2 Å². The molecule has 0 bridgehead atoms. The third-order valence-electron chi connectivity index (χ3n) is 9.95. The van der Waals surface area contributed by atoms with Crippen molar-refractivity contribution in [1.29, 1.82) is 0 Å². The first-order chi connectivity index (χ1) is 23.9. The molecule has 16 heteroatoms. The third-order valence-corrected chi connectivity index (χ3v) is 10.6. The molecule has 3 aromatic rings. The van der Waals surface area contributed by atoms with E-state index in [4.69, 9.17) is 4.63 Å². The topological polar surface area (TPSA) is 176 Å². The van der Waals surface area contributed by atoms with E-state index in [0.29, 0.717) is 43.4 Å². The van der Waals surface area contributed by atoms with Crippen molar-refractivity contribution in [3.63, 3.8) is 0 Å². The van der Waals surface area contributed by atoms with Crippen LogP contribution in [0.5, 0.6) is 0 Å². The summed E-state index contributed by atoms with van der Waals surface area (Å²) in [6.45, 7) is 10.1. The highest BCUT2D eigenvalue weighted by molar-refractivity contribution is 7.07. The highest BCUT2D eigenvalue weighted by Crippen LogP contribution is 2.34. The summed E-state index contributed by atoms with van der Waals surface area (Å²) in [6, 6.07) is 3.43. The first-order valence-electron chi connectivity index (χ1n) is 17.2. The van der Waals surface area contributed by atoms with Gasteiger partial charge in [-0.15, -0.1) is 5.10 Å². The quantitative estimate of drug-likeness (QED) is 0.251. The van der Waals surface area contributed by atoms with Gasteiger partial charge in [-0.05, 0) is 66.1 Å². The van der Waals surface area contributed by atoms with Crippen molar-refractivity contribution in [2.45, 2.75) is 71.3 Å². The van der Waals surface area contributed by atoms with Gasteiger partial charge in [0.25, 0.3) is 11.8 Å². The number of carbonyl (C=O) groups excluding carboxylic acids is 4. The fourth-order valence-electron chi connectivity index (χ4n) is 6.62. The number of amides is 4. The summed E-state index contributed by atoms with van der Waals surface area (Å²) in [5, 5.41) is 19.8. The second kappa shape index (κ2) is 16.6. The molecule has 14 nitrogen and oxygen atoms in total. The molecule has 1 aromatic carbocycles. The lowest BCUT2D eigenvalue weighted by Gasteiger charge is -2.36. The van der Waals surface area contributed by atoms with E-state index in [2.05, 4.69) is 47.7 Å². The van der Waals surface area contributed by atoms with Gasteiger partial charge in [-0.2, -0.15) is 0 Å². The summed E-state index contributed by atoms with van der Waals surface area (Å²) in [4.78, 5) is 57.7. The summed E-state index contributed by atoms with van der Waals surface area (Å²) in [6.07, 6.45) is 4.86. The van der Waals surface area contributed by atoms with Gasteiger partial charge >= 0.3 is 0 Å². The largest absolute Gasteiger partial charge is 0.350 e. The number of piperazine rings is 1. The van der Waals surface area contributed by atoms with Gasteiger partial charge in [0, 0.05) is 44.6 Å². The van der Waals surface area contributed by atoms with Gasteiger partial charge in [0.2, 0.25) is 11.8 Å². The molecule has 0 radical (unpaired) electrons. The van der Waals surface area contributed by atoms with Crippen LogP contribution in [-0.4, -0.2) is 99.1 Å². The molecule has 1 saturated heterocycles. The predicted molar refractivity (Wildman–Crippen MR) is 184 cm³/mol. The molecule has 1 aliphatic heterocycles. The van der Waals surface area contributed by atoms with Crippen molar-refractivity contribution < 1.29 is 28.2 Å². The van der Waals surface area contributed by atoms with Gasteiger partial charge in [-0.1, -0.05) is 56.2 Å². The molecule has 2 fully saturated rings. The molecule has 50 heavy (non-hydrogen) atoms. The average molecular weight is 712 g/mol. The number of rotatable bonds is 12. The summed E-state index contributed by atoms with van der Waals surface area (Å²) in [7, 11) is 1.98. The van der Waals surface area contributed by atoms with Crippen LogP contribution in [-0.2, 0) is 9.59 Å². The van der Waals surface area contributed by atoms with E-state index in [9.17, 15) is 19.2 Å². The second-order valence-corrected chi connectivity index (χ2v) is 14.7. The normalized spacial score (nSPS) is 20.2. The summed E-state index contributed by atoms with van der Waals surface area (Å²) in [5.74, 6) is -3.09. The first kappa shape index (κ1) is 37.0. The minimum atomic E-state index is -0.981. The number of carbonyl (C=O) groups is 4. The number of hydrogen-bond acceptors (Lipinski definition) is 11. The van der Waals surface area contributed by atoms with Gasteiger partial charge in [0.15, 0.2) is 5.69 Å².